The molecular weight excluding hydrogens is 249 g/mol. The minimum Gasteiger partial charge on any atom is -0.120 e. The van der Waals surface area contributed by atoms with Gasteiger partial charge in [0.15, 0.2) is 0 Å². The number of hydrogen-bond donors (Lipinski definition) is 0. The monoisotopic (exact) mass is 254 g/mol. The van der Waals surface area contributed by atoms with Gasteiger partial charge in [0, 0.05) is 10.6 Å². The van der Waals surface area contributed by atoms with Gasteiger partial charge >= 0.3 is 0 Å². The van der Waals surface area contributed by atoms with Gasteiger partial charge in [-0.15, -0.1) is 34.8 Å². The van der Waals surface area contributed by atoms with Crippen LogP contribution in [0.3, 0.4) is 0 Å². The highest BCUT2D eigenvalue weighted by Crippen LogP contribution is 2.22. The van der Waals surface area contributed by atoms with Crippen LogP contribution in [0.15, 0.2) is 10.6 Å². The molecule has 0 aromatic carbocycles. The normalized spacial score (nSPS) is 15.6. The summed E-state index contributed by atoms with van der Waals surface area (Å²) in [5.74, 6) is 0. The lowest BCUT2D eigenvalue weighted by molar-refractivity contribution is 0.798. The summed E-state index contributed by atoms with van der Waals surface area (Å²) < 4.78 is 0. The fourth-order valence-corrected chi connectivity index (χ4v) is 1.04. The Morgan fingerprint density at radius 1 is 1.27 bits per heavy atom. The maximum Gasteiger partial charge on any atom is 0.124 e. The molecule has 0 saturated heterocycles. The predicted molar refractivity (Wildman–Crippen MR) is 54.2 cm³/mol. The molecule has 66 valence electrons. The molecule has 11 heavy (non-hydrogen) atoms. The van der Waals surface area contributed by atoms with Crippen molar-refractivity contribution in [2.45, 2.75) is 23.1 Å². The van der Waals surface area contributed by atoms with Crippen LogP contribution >= 0.6 is 58.0 Å². The van der Waals surface area contributed by atoms with Crippen molar-refractivity contribution in [3.05, 3.63) is 10.6 Å². The molecule has 1 atom stereocenters. The Labute approximate surface area is 91.4 Å². The molecule has 0 nitrogen and oxygen atoms in total. The largest absolute Gasteiger partial charge is 0.124 e. The molecule has 0 aliphatic rings. The second-order valence-corrected chi connectivity index (χ2v) is 4.37. The maximum absolute atomic E-state index is 5.72. The summed E-state index contributed by atoms with van der Waals surface area (Å²) in [6.07, 6.45) is 1.23. The molecule has 1 unspecified atom stereocenters. The summed E-state index contributed by atoms with van der Waals surface area (Å²) in [7, 11) is 0. The molecule has 0 aromatic rings. The van der Waals surface area contributed by atoms with Crippen LogP contribution in [0.2, 0.25) is 0 Å². The van der Waals surface area contributed by atoms with E-state index in [2.05, 4.69) is 0 Å². The van der Waals surface area contributed by atoms with E-state index in [4.69, 9.17) is 58.0 Å². The highest BCUT2D eigenvalue weighted by Gasteiger charge is 2.13. The molecule has 0 aliphatic carbocycles. The van der Waals surface area contributed by atoms with Gasteiger partial charge in [-0.25, -0.2) is 0 Å². The van der Waals surface area contributed by atoms with Crippen molar-refractivity contribution in [1.82, 2.24) is 0 Å². The van der Waals surface area contributed by atoms with Gasteiger partial charge < -0.3 is 0 Å². The fraction of sp³-hybridized carbons (Fsp3) is 0.667. The standard InChI is InChI=1S/C6H7Cl5/c7-3-4(8)1-2-5(9)6(10)11/h3,5-6H,1-2H2. The Kier molecular flexibility index (Phi) is 7.40. The Hall–Kier alpha value is 1.19. The van der Waals surface area contributed by atoms with Crippen molar-refractivity contribution < 1.29 is 0 Å². The van der Waals surface area contributed by atoms with E-state index >= 15 is 0 Å². The SMILES string of the molecule is ClC=C(Cl)CCC(Cl)C(Cl)Cl. The molecule has 0 N–H and O–H groups in total. The molecule has 0 heterocycles. The number of halogens is 5. The lowest BCUT2D eigenvalue weighted by Gasteiger charge is -2.08. The first-order valence-electron chi connectivity index (χ1n) is 2.95. The van der Waals surface area contributed by atoms with Crippen LogP contribution in [-0.2, 0) is 0 Å². The summed E-state index contributed by atoms with van der Waals surface area (Å²) in [5, 5.41) is 0.287. The molecular formula is C6H7Cl5. The van der Waals surface area contributed by atoms with Gasteiger partial charge in [-0.05, 0) is 12.8 Å². The third-order valence-electron chi connectivity index (χ3n) is 1.05. The van der Waals surface area contributed by atoms with Gasteiger partial charge in [-0.3, -0.25) is 0 Å². The third kappa shape index (κ3) is 6.36. The van der Waals surface area contributed by atoms with Gasteiger partial charge in [-0.1, -0.05) is 23.2 Å². The van der Waals surface area contributed by atoms with E-state index in [0.717, 1.165) is 0 Å². The fourth-order valence-electron chi connectivity index (χ4n) is 0.456. The first-order valence-corrected chi connectivity index (χ1v) is 5.07. The molecule has 5 heteroatoms. The molecule has 0 aromatic heterocycles. The van der Waals surface area contributed by atoms with E-state index in [-0.39, 0.29) is 5.38 Å². The van der Waals surface area contributed by atoms with Crippen LogP contribution in [0, 0.1) is 0 Å². The summed E-state index contributed by atoms with van der Waals surface area (Å²) in [6.45, 7) is 0. The average Bonchev–Trinajstić information content (AvgIpc) is 1.99. The van der Waals surface area contributed by atoms with Gasteiger partial charge in [0.25, 0.3) is 0 Å². The summed E-state index contributed by atoms with van der Waals surface area (Å²) in [5.41, 5.74) is 1.31. The topological polar surface area (TPSA) is 0 Å². The highest BCUT2D eigenvalue weighted by atomic mass is 35.5. The molecule has 0 bridgehead atoms. The summed E-state index contributed by atoms with van der Waals surface area (Å²) in [6, 6.07) is 0. The van der Waals surface area contributed by atoms with E-state index in [0.29, 0.717) is 17.9 Å². The predicted octanol–water partition coefficient (Wildman–Crippen LogP) is 4.50. The van der Waals surface area contributed by atoms with Crippen LogP contribution in [-0.4, -0.2) is 10.2 Å². The average molecular weight is 256 g/mol. The Bertz CT molecular complexity index is 131. The van der Waals surface area contributed by atoms with Crippen LogP contribution in [0.5, 0.6) is 0 Å². The van der Waals surface area contributed by atoms with E-state index in [9.17, 15) is 0 Å². The second-order valence-electron chi connectivity index (χ2n) is 1.95. The Morgan fingerprint density at radius 2 is 1.82 bits per heavy atom. The maximum atomic E-state index is 5.72. The van der Waals surface area contributed by atoms with E-state index in [1.165, 1.54) is 5.54 Å². The lowest BCUT2D eigenvalue weighted by atomic mass is 10.2. The number of alkyl halides is 3. The summed E-state index contributed by atoms with van der Waals surface area (Å²) >= 11 is 27.6. The minimum absolute atomic E-state index is 0.274. The zero-order valence-electron chi connectivity index (χ0n) is 5.54. The number of allylic oxidation sites excluding steroid dienone is 1. The quantitative estimate of drug-likeness (QED) is 0.650. The van der Waals surface area contributed by atoms with Gasteiger partial charge in [0.05, 0.1) is 5.38 Å². The zero-order chi connectivity index (χ0) is 8.85. The van der Waals surface area contributed by atoms with Crippen molar-refractivity contribution in [2.75, 3.05) is 0 Å². The van der Waals surface area contributed by atoms with Crippen LogP contribution < -0.4 is 0 Å². The number of rotatable bonds is 4. The molecule has 0 radical (unpaired) electrons. The highest BCUT2D eigenvalue weighted by molar-refractivity contribution is 6.48. The molecule has 0 amide bonds. The number of hydrogen-bond acceptors (Lipinski definition) is 0. The van der Waals surface area contributed by atoms with Gasteiger partial charge in [-0.2, -0.15) is 0 Å². The van der Waals surface area contributed by atoms with Crippen LogP contribution in [0.25, 0.3) is 0 Å². The Balaban J connectivity index is 3.54. The van der Waals surface area contributed by atoms with E-state index < -0.39 is 4.84 Å². The smallest absolute Gasteiger partial charge is 0.120 e. The first-order chi connectivity index (χ1) is 5.07. The molecule has 0 aliphatic heterocycles. The van der Waals surface area contributed by atoms with Gasteiger partial charge in [0.2, 0.25) is 0 Å². The molecule has 0 fully saturated rings. The molecule has 0 spiro atoms. The van der Waals surface area contributed by atoms with Crippen LogP contribution in [0.1, 0.15) is 12.8 Å². The van der Waals surface area contributed by atoms with E-state index in [1.807, 2.05) is 0 Å². The van der Waals surface area contributed by atoms with Crippen molar-refractivity contribution in [2.24, 2.45) is 0 Å². The lowest BCUT2D eigenvalue weighted by Crippen LogP contribution is -2.07. The van der Waals surface area contributed by atoms with Crippen LogP contribution in [0.4, 0.5) is 0 Å². The zero-order valence-corrected chi connectivity index (χ0v) is 9.32. The van der Waals surface area contributed by atoms with Crippen molar-refractivity contribution >= 4 is 58.0 Å². The Morgan fingerprint density at radius 3 is 2.18 bits per heavy atom. The van der Waals surface area contributed by atoms with E-state index in [1.54, 1.807) is 0 Å². The third-order valence-corrected chi connectivity index (χ3v) is 3.06. The second kappa shape index (κ2) is 6.68. The van der Waals surface area contributed by atoms with Gasteiger partial charge in [0.1, 0.15) is 4.84 Å². The first kappa shape index (κ1) is 12.2. The minimum atomic E-state index is -0.559. The summed E-state index contributed by atoms with van der Waals surface area (Å²) in [4.78, 5) is -0.559. The van der Waals surface area contributed by atoms with Crippen molar-refractivity contribution in [3.8, 4) is 0 Å². The van der Waals surface area contributed by atoms with Crippen molar-refractivity contribution in [3.63, 3.8) is 0 Å². The molecule has 0 rings (SSSR count). The van der Waals surface area contributed by atoms with Crippen molar-refractivity contribution in [1.29, 1.82) is 0 Å². The molecule has 0 saturated carbocycles.